The van der Waals surface area contributed by atoms with E-state index >= 15 is 4.39 Å². The molecule has 2 unspecified atom stereocenters. The number of aromatic nitrogens is 7. The molecule has 2 aromatic carbocycles. The smallest absolute Gasteiger partial charge is 0.264 e. The number of nitrogens with one attached hydrogen (secondary N) is 5. The van der Waals surface area contributed by atoms with Gasteiger partial charge in [0.2, 0.25) is 39.6 Å². The number of imide groups is 2. The van der Waals surface area contributed by atoms with Gasteiger partial charge in [0, 0.05) is 60.0 Å². The Labute approximate surface area is 423 Å². The van der Waals surface area contributed by atoms with Gasteiger partial charge in [-0.2, -0.15) is 5.10 Å². The minimum absolute atomic E-state index is 0.0114. The fourth-order valence-electron chi connectivity index (χ4n) is 7.65. The van der Waals surface area contributed by atoms with E-state index in [1.807, 2.05) is 20.8 Å². The van der Waals surface area contributed by atoms with Crippen LogP contribution in [0.1, 0.15) is 78.9 Å². The van der Waals surface area contributed by atoms with Gasteiger partial charge in [-0.25, -0.2) is 27.5 Å². The normalized spacial score (nSPS) is 15.1. The van der Waals surface area contributed by atoms with Gasteiger partial charge in [-0.15, -0.1) is 5.10 Å². The summed E-state index contributed by atoms with van der Waals surface area (Å²) in [6.45, 7) is 7.36. The van der Waals surface area contributed by atoms with Crippen LogP contribution in [0, 0.1) is 5.82 Å². The molecule has 27 heteroatoms. The van der Waals surface area contributed by atoms with E-state index in [9.17, 15) is 37.2 Å². The number of halogens is 2. The average molecular weight is 1050 g/mol. The maximum absolute atomic E-state index is 15.8. The number of carbonyl (C=O) groups is 6. The first-order valence-electron chi connectivity index (χ1n) is 23.0. The van der Waals surface area contributed by atoms with Gasteiger partial charge in [0.05, 0.1) is 93.3 Å². The second-order valence-electron chi connectivity index (χ2n) is 17.2. The standard InChI is InChI=1S/C46H53ClFN13O11S/c1-26(2)60-24-32(42(56-60)31-20-28(47)21-35(41(31)48)57-73(4,68)69)33-10-13-49-46(53-33)50-22-27(3)51-38(63)11-15-70-18-19-71-17-14-59-23-29(55-58-59)25-72-16-12-39(64)52-34-7-5-6-30-40(34)45(67)61(44(30)66)36-8-9-37(62)54-43(36)65/h5-7,10,13,20-21,23-24,26-27,36,57H,8-9,11-12,14-19,22,25H2,1-4H3,(H,51,63)(H,52,64)(H,49,50,53)(H,54,62,65). The summed E-state index contributed by atoms with van der Waals surface area (Å²) < 4.78 is 61.8. The Bertz CT molecular complexity index is 3010. The van der Waals surface area contributed by atoms with E-state index in [0.29, 0.717) is 30.1 Å². The van der Waals surface area contributed by atoms with Crippen LogP contribution < -0.4 is 26.0 Å². The lowest BCUT2D eigenvalue weighted by Gasteiger charge is -2.27. The highest BCUT2D eigenvalue weighted by molar-refractivity contribution is 7.92. The third kappa shape index (κ3) is 14.0. The highest BCUT2D eigenvalue weighted by atomic mass is 35.5. The molecule has 0 radical (unpaired) electrons. The van der Waals surface area contributed by atoms with Crippen LogP contribution in [-0.2, 0) is 56.6 Å². The van der Waals surface area contributed by atoms with E-state index in [-0.39, 0.29) is 128 Å². The molecule has 2 atom stereocenters. The quantitative estimate of drug-likeness (QED) is 0.0414. The molecule has 7 rings (SSSR count). The summed E-state index contributed by atoms with van der Waals surface area (Å²) in [7, 11) is -3.81. The van der Waals surface area contributed by atoms with Crippen molar-refractivity contribution in [3.05, 3.63) is 82.6 Å². The van der Waals surface area contributed by atoms with E-state index in [1.54, 1.807) is 27.8 Å². The van der Waals surface area contributed by atoms with Crippen LogP contribution in [-0.4, -0.2) is 141 Å². The molecular weight excluding hydrogens is 997 g/mol. The molecule has 5 N–H and O–H groups in total. The predicted molar refractivity (Wildman–Crippen MR) is 261 cm³/mol. The maximum atomic E-state index is 15.8. The van der Waals surface area contributed by atoms with E-state index in [1.165, 1.54) is 36.5 Å². The van der Waals surface area contributed by atoms with Crippen molar-refractivity contribution in [1.29, 1.82) is 0 Å². The minimum atomic E-state index is -3.81. The lowest BCUT2D eigenvalue weighted by molar-refractivity contribution is -0.136. The Morgan fingerprint density at radius 2 is 1.67 bits per heavy atom. The summed E-state index contributed by atoms with van der Waals surface area (Å²) in [6.07, 6.45) is 5.85. The number of fused-ring (bicyclic) bond motifs is 1. The van der Waals surface area contributed by atoms with Crippen LogP contribution in [0.2, 0.25) is 5.02 Å². The SMILES string of the molecule is CC(CNc1nccc(-c2cn(C(C)C)nc2-c2cc(Cl)cc(NS(C)(=O)=O)c2F)n1)NC(=O)CCOCCOCCn1cc(COCCC(=O)Nc2cccc3c2C(=O)N(C2CCC(=O)NC2=O)C3=O)nn1. The first-order chi connectivity index (χ1) is 34.8. The molecule has 388 valence electrons. The summed E-state index contributed by atoms with van der Waals surface area (Å²) >= 11 is 6.29. The van der Waals surface area contributed by atoms with Gasteiger partial charge in [0.25, 0.3) is 11.8 Å². The maximum Gasteiger partial charge on any atom is 0.264 e. The largest absolute Gasteiger partial charge is 0.379 e. The number of nitrogens with zero attached hydrogens (tertiary/aromatic N) is 8. The monoisotopic (exact) mass is 1050 g/mol. The van der Waals surface area contributed by atoms with Crippen LogP contribution in [0.15, 0.2) is 55.0 Å². The number of rotatable bonds is 25. The topological polar surface area (TPSA) is 302 Å². The Morgan fingerprint density at radius 1 is 0.918 bits per heavy atom. The van der Waals surface area contributed by atoms with Crippen LogP contribution in [0.4, 0.5) is 21.7 Å². The Balaban J connectivity index is 0.758. The first kappa shape index (κ1) is 53.5. The van der Waals surface area contributed by atoms with Gasteiger partial charge < -0.3 is 30.2 Å². The number of benzene rings is 2. The van der Waals surface area contributed by atoms with Crippen LogP contribution in [0.5, 0.6) is 0 Å². The van der Waals surface area contributed by atoms with E-state index in [4.69, 9.17) is 25.8 Å². The fraction of sp³-hybridized carbons (Fsp3) is 0.413. The van der Waals surface area contributed by atoms with Crippen molar-refractivity contribution in [2.24, 2.45) is 0 Å². The zero-order chi connectivity index (χ0) is 52.4. The molecule has 5 aromatic rings. The van der Waals surface area contributed by atoms with Crippen molar-refractivity contribution in [2.45, 2.75) is 77.7 Å². The van der Waals surface area contributed by atoms with Gasteiger partial charge in [0.15, 0.2) is 5.82 Å². The molecule has 0 bridgehead atoms. The zero-order valence-electron chi connectivity index (χ0n) is 40.1. The Morgan fingerprint density at radius 3 is 2.42 bits per heavy atom. The van der Waals surface area contributed by atoms with E-state index in [0.717, 1.165) is 11.2 Å². The predicted octanol–water partition coefficient (Wildman–Crippen LogP) is 3.33. The third-order valence-corrected chi connectivity index (χ3v) is 11.9. The number of hydrogen-bond donors (Lipinski definition) is 5. The Hall–Kier alpha value is -7.26. The number of sulfonamides is 1. The molecular formula is C46H53ClFN13O11S. The molecule has 73 heavy (non-hydrogen) atoms. The highest BCUT2D eigenvalue weighted by Gasteiger charge is 2.45. The first-order valence-corrected chi connectivity index (χ1v) is 25.3. The third-order valence-electron chi connectivity index (χ3n) is 11.1. The number of carbonyl (C=O) groups excluding carboxylic acids is 6. The molecule has 3 aromatic heterocycles. The summed E-state index contributed by atoms with van der Waals surface area (Å²) in [5.74, 6) is -3.93. The molecule has 5 heterocycles. The summed E-state index contributed by atoms with van der Waals surface area (Å²) in [4.78, 5) is 85.5. The molecule has 24 nitrogen and oxygen atoms in total. The molecule has 1 saturated heterocycles. The molecule has 6 amide bonds. The number of hydrogen-bond acceptors (Lipinski definition) is 17. The lowest BCUT2D eigenvalue weighted by atomic mass is 10.0. The van der Waals surface area contributed by atoms with Crippen molar-refractivity contribution in [2.75, 3.05) is 61.2 Å². The fourth-order valence-corrected chi connectivity index (χ4v) is 8.41. The second-order valence-corrected chi connectivity index (χ2v) is 19.4. The van der Waals surface area contributed by atoms with Crippen LogP contribution in [0.3, 0.4) is 0 Å². The molecule has 2 aliphatic heterocycles. The van der Waals surface area contributed by atoms with Gasteiger partial charge in [0.1, 0.15) is 17.4 Å². The van der Waals surface area contributed by atoms with Gasteiger partial charge >= 0.3 is 0 Å². The number of piperidine rings is 1. The van der Waals surface area contributed by atoms with Gasteiger partial charge in [-0.05, 0) is 57.5 Å². The summed E-state index contributed by atoms with van der Waals surface area (Å²) in [5, 5.41) is 23.6. The van der Waals surface area contributed by atoms with Gasteiger partial charge in [-0.3, -0.25) is 48.4 Å². The Kier molecular flexibility index (Phi) is 17.6. The van der Waals surface area contributed by atoms with E-state index < -0.39 is 51.4 Å². The van der Waals surface area contributed by atoms with Crippen molar-refractivity contribution in [1.82, 2.24) is 50.3 Å². The molecule has 0 aliphatic carbocycles. The van der Waals surface area contributed by atoms with Crippen molar-refractivity contribution in [3.63, 3.8) is 0 Å². The van der Waals surface area contributed by atoms with Crippen molar-refractivity contribution >= 4 is 74.4 Å². The van der Waals surface area contributed by atoms with Crippen LogP contribution >= 0.6 is 11.6 Å². The summed E-state index contributed by atoms with van der Waals surface area (Å²) in [5.41, 5.74) is 1.37. The number of ether oxygens (including phenoxy) is 3. The van der Waals surface area contributed by atoms with Gasteiger partial charge in [-0.1, -0.05) is 22.9 Å². The zero-order valence-corrected chi connectivity index (χ0v) is 41.7. The minimum Gasteiger partial charge on any atom is -0.379 e. The van der Waals surface area contributed by atoms with Crippen molar-refractivity contribution < 1.29 is 55.8 Å². The summed E-state index contributed by atoms with van der Waals surface area (Å²) in [6, 6.07) is 7.05. The second kappa shape index (κ2) is 24.0. The van der Waals surface area contributed by atoms with Crippen molar-refractivity contribution in [3.8, 4) is 22.5 Å². The lowest BCUT2D eigenvalue weighted by Crippen LogP contribution is -2.54. The average Bonchev–Trinajstić information content (AvgIpc) is 4.05. The molecule has 1 fully saturated rings. The number of amides is 6. The van der Waals surface area contributed by atoms with Crippen LogP contribution in [0.25, 0.3) is 22.5 Å². The number of anilines is 3. The van der Waals surface area contributed by atoms with E-state index in [2.05, 4.69) is 51.4 Å². The molecule has 2 aliphatic rings. The molecule has 0 saturated carbocycles. The molecule has 0 spiro atoms. The highest BCUT2D eigenvalue weighted by Crippen LogP contribution is 2.38.